The highest BCUT2D eigenvalue weighted by Crippen LogP contribution is 2.10. The lowest BCUT2D eigenvalue weighted by Gasteiger charge is -2.02. The standard InChI is InChI=1S/C10H12.C10H14.C2H6/c1-4-10-6-5-8(2)9(3)7-10;1-3-9-7-5-6-8-10(9)4-2;1-2/h4-7H,1H2,2-3H3;5-8H,3-4H2,1-2H3;1-2H3. The van der Waals surface area contributed by atoms with Gasteiger partial charge in [0.15, 0.2) is 0 Å². The lowest BCUT2D eigenvalue weighted by Crippen LogP contribution is -1.88. The van der Waals surface area contributed by atoms with E-state index in [0.29, 0.717) is 0 Å². The lowest BCUT2D eigenvalue weighted by atomic mass is 10.0. The van der Waals surface area contributed by atoms with Gasteiger partial charge in [-0.25, -0.2) is 0 Å². The van der Waals surface area contributed by atoms with Crippen LogP contribution >= 0.6 is 0 Å². The van der Waals surface area contributed by atoms with Crippen LogP contribution in [-0.4, -0.2) is 0 Å². The van der Waals surface area contributed by atoms with Crippen molar-refractivity contribution >= 4 is 6.08 Å². The van der Waals surface area contributed by atoms with Crippen molar-refractivity contribution in [3.05, 3.63) is 76.9 Å². The Morgan fingerprint density at radius 2 is 1.32 bits per heavy atom. The van der Waals surface area contributed by atoms with Crippen molar-refractivity contribution in [3.63, 3.8) is 0 Å². The van der Waals surface area contributed by atoms with E-state index in [1.807, 2.05) is 19.9 Å². The number of hydrogen-bond donors (Lipinski definition) is 0. The molecule has 0 saturated heterocycles. The molecule has 22 heavy (non-hydrogen) atoms. The summed E-state index contributed by atoms with van der Waals surface area (Å²) in [6, 6.07) is 15.0. The van der Waals surface area contributed by atoms with E-state index in [-0.39, 0.29) is 0 Å². The Balaban J connectivity index is 0.000000360. The second-order valence-corrected chi connectivity index (χ2v) is 5.02. The SMILES string of the molecule is C=Cc1ccc(C)c(C)c1.CC.CCc1ccccc1CC. The van der Waals surface area contributed by atoms with Gasteiger partial charge in [-0.3, -0.25) is 0 Å². The largest absolute Gasteiger partial charge is 0.0985 e. The molecule has 2 rings (SSSR count). The average Bonchev–Trinajstić information content (AvgIpc) is 2.59. The number of hydrogen-bond acceptors (Lipinski definition) is 0. The van der Waals surface area contributed by atoms with Crippen LogP contribution in [0.4, 0.5) is 0 Å². The number of aryl methyl sites for hydroxylation is 4. The van der Waals surface area contributed by atoms with E-state index in [2.05, 4.69) is 76.7 Å². The highest BCUT2D eigenvalue weighted by Gasteiger charge is 1.94. The van der Waals surface area contributed by atoms with Crippen molar-refractivity contribution in [2.75, 3.05) is 0 Å². The zero-order valence-corrected chi connectivity index (χ0v) is 15.2. The predicted molar refractivity (Wildman–Crippen MR) is 103 cm³/mol. The summed E-state index contributed by atoms with van der Waals surface area (Å²) in [5.74, 6) is 0. The maximum atomic E-state index is 3.70. The first-order valence-corrected chi connectivity index (χ1v) is 8.38. The molecule has 0 spiro atoms. The van der Waals surface area contributed by atoms with Gasteiger partial charge in [-0.05, 0) is 54.5 Å². The first-order valence-electron chi connectivity index (χ1n) is 8.38. The van der Waals surface area contributed by atoms with Gasteiger partial charge < -0.3 is 0 Å². The van der Waals surface area contributed by atoms with Crippen LogP contribution < -0.4 is 0 Å². The molecule has 0 aliphatic heterocycles. The molecule has 0 unspecified atom stereocenters. The summed E-state index contributed by atoms with van der Waals surface area (Å²) < 4.78 is 0. The van der Waals surface area contributed by atoms with Crippen LogP contribution in [0.1, 0.15) is 55.5 Å². The summed E-state index contributed by atoms with van der Waals surface area (Å²) in [4.78, 5) is 0. The van der Waals surface area contributed by atoms with E-state index < -0.39 is 0 Å². The second-order valence-electron chi connectivity index (χ2n) is 5.02. The molecule has 0 atom stereocenters. The van der Waals surface area contributed by atoms with E-state index >= 15 is 0 Å². The molecule has 2 aromatic rings. The van der Waals surface area contributed by atoms with Crippen molar-refractivity contribution in [1.82, 2.24) is 0 Å². The Morgan fingerprint density at radius 3 is 1.68 bits per heavy atom. The average molecular weight is 296 g/mol. The van der Waals surface area contributed by atoms with Gasteiger partial charge in [0, 0.05) is 0 Å². The summed E-state index contributed by atoms with van der Waals surface area (Å²) >= 11 is 0. The van der Waals surface area contributed by atoms with E-state index in [1.54, 1.807) is 0 Å². The summed E-state index contributed by atoms with van der Waals surface area (Å²) in [5.41, 5.74) is 6.85. The molecule has 0 amide bonds. The van der Waals surface area contributed by atoms with Crippen molar-refractivity contribution < 1.29 is 0 Å². The van der Waals surface area contributed by atoms with Gasteiger partial charge in [-0.1, -0.05) is 82.8 Å². The number of rotatable bonds is 3. The fourth-order valence-electron chi connectivity index (χ4n) is 2.14. The normalized spacial score (nSPS) is 9.00. The summed E-state index contributed by atoms with van der Waals surface area (Å²) in [7, 11) is 0. The fraction of sp³-hybridized carbons (Fsp3) is 0.364. The van der Waals surface area contributed by atoms with Crippen LogP contribution in [0.15, 0.2) is 49.0 Å². The van der Waals surface area contributed by atoms with Gasteiger partial charge >= 0.3 is 0 Å². The molecule has 0 saturated carbocycles. The quantitative estimate of drug-likeness (QED) is 0.585. The third-order valence-corrected chi connectivity index (χ3v) is 3.65. The molecular formula is C22H32. The molecule has 2 aromatic carbocycles. The first-order chi connectivity index (χ1) is 10.6. The van der Waals surface area contributed by atoms with Crippen molar-refractivity contribution in [1.29, 1.82) is 0 Å². The van der Waals surface area contributed by atoms with E-state index in [0.717, 1.165) is 12.8 Å². The highest BCUT2D eigenvalue weighted by molar-refractivity contribution is 5.49. The van der Waals surface area contributed by atoms with Crippen molar-refractivity contribution in [2.45, 2.75) is 54.4 Å². The van der Waals surface area contributed by atoms with E-state index in [4.69, 9.17) is 0 Å². The van der Waals surface area contributed by atoms with Gasteiger partial charge in [0.2, 0.25) is 0 Å². The molecule has 0 heteroatoms. The molecule has 0 nitrogen and oxygen atoms in total. The van der Waals surface area contributed by atoms with Crippen LogP contribution in [0.2, 0.25) is 0 Å². The lowest BCUT2D eigenvalue weighted by molar-refractivity contribution is 1.04. The van der Waals surface area contributed by atoms with Gasteiger partial charge in [0.25, 0.3) is 0 Å². The highest BCUT2D eigenvalue weighted by atomic mass is 14.0. The Hall–Kier alpha value is -1.82. The first kappa shape index (κ1) is 20.2. The maximum absolute atomic E-state index is 3.70. The molecule has 0 N–H and O–H groups in total. The third kappa shape index (κ3) is 6.76. The molecule has 0 aliphatic rings. The topological polar surface area (TPSA) is 0 Å². The van der Waals surface area contributed by atoms with Crippen LogP contribution in [0.3, 0.4) is 0 Å². The third-order valence-electron chi connectivity index (χ3n) is 3.65. The van der Waals surface area contributed by atoms with Crippen molar-refractivity contribution in [2.24, 2.45) is 0 Å². The maximum Gasteiger partial charge on any atom is -0.0260 e. The second kappa shape index (κ2) is 11.8. The van der Waals surface area contributed by atoms with Gasteiger partial charge in [-0.15, -0.1) is 0 Å². The van der Waals surface area contributed by atoms with Crippen LogP contribution in [0.5, 0.6) is 0 Å². The molecule has 0 heterocycles. The molecule has 0 bridgehead atoms. The smallest absolute Gasteiger partial charge is 0.0260 e. The Kier molecular flexibility index (Phi) is 10.8. The molecule has 0 aliphatic carbocycles. The van der Waals surface area contributed by atoms with Crippen molar-refractivity contribution in [3.8, 4) is 0 Å². The minimum Gasteiger partial charge on any atom is -0.0985 e. The molecule has 0 aromatic heterocycles. The van der Waals surface area contributed by atoms with Crippen LogP contribution in [-0.2, 0) is 12.8 Å². The Morgan fingerprint density at radius 1 is 0.818 bits per heavy atom. The van der Waals surface area contributed by atoms with Crippen LogP contribution in [0, 0.1) is 13.8 Å². The predicted octanol–water partition coefficient (Wildman–Crippen LogP) is 6.78. The van der Waals surface area contributed by atoms with Gasteiger partial charge in [0.05, 0.1) is 0 Å². The monoisotopic (exact) mass is 296 g/mol. The Bertz CT molecular complexity index is 527. The van der Waals surface area contributed by atoms with Gasteiger partial charge in [0.1, 0.15) is 0 Å². The van der Waals surface area contributed by atoms with E-state index in [9.17, 15) is 0 Å². The molecular weight excluding hydrogens is 264 g/mol. The molecule has 0 fully saturated rings. The zero-order valence-electron chi connectivity index (χ0n) is 15.2. The molecule has 0 radical (unpaired) electrons. The van der Waals surface area contributed by atoms with Gasteiger partial charge in [-0.2, -0.15) is 0 Å². The summed E-state index contributed by atoms with van der Waals surface area (Å²) in [6.07, 6.45) is 4.18. The summed E-state index contributed by atoms with van der Waals surface area (Å²) in [6.45, 7) is 16.3. The summed E-state index contributed by atoms with van der Waals surface area (Å²) in [5, 5.41) is 0. The zero-order chi connectivity index (χ0) is 17.0. The fourth-order valence-corrected chi connectivity index (χ4v) is 2.14. The molecule has 120 valence electrons. The van der Waals surface area contributed by atoms with Crippen LogP contribution in [0.25, 0.3) is 6.08 Å². The minimum atomic E-state index is 1.16. The number of benzene rings is 2. The van der Waals surface area contributed by atoms with E-state index in [1.165, 1.54) is 27.8 Å². The Labute approximate surface area is 137 Å². The minimum absolute atomic E-state index is 1.16.